The van der Waals surface area contributed by atoms with Gasteiger partial charge in [-0.1, -0.05) is 109 Å². The summed E-state index contributed by atoms with van der Waals surface area (Å²) in [5.74, 6) is 1.11. The highest BCUT2D eigenvalue weighted by atomic mass is 16.5. The Morgan fingerprint density at radius 1 is 0.379 bits per heavy atom. The summed E-state index contributed by atoms with van der Waals surface area (Å²) in [5.41, 5.74) is 14.2. The largest absolute Gasteiger partial charge is 0.485 e. The molecule has 0 amide bonds. The minimum atomic E-state index is -0.0118. The average molecular weight is 742 g/mol. The number of benzene rings is 8. The fourth-order valence-corrected chi connectivity index (χ4v) is 9.99. The molecular formula is C54H35N3O. The molecule has 13 rings (SSSR count). The highest BCUT2D eigenvalue weighted by molar-refractivity contribution is 6.20. The third kappa shape index (κ3) is 4.45. The number of rotatable bonds is 4. The molecule has 3 aromatic heterocycles. The summed E-state index contributed by atoms with van der Waals surface area (Å²) >= 11 is 0. The minimum Gasteiger partial charge on any atom is -0.485 e. The van der Waals surface area contributed by atoms with Crippen LogP contribution in [0.4, 0.5) is 0 Å². The van der Waals surface area contributed by atoms with Crippen molar-refractivity contribution in [1.29, 1.82) is 0 Å². The number of fused-ring (bicyclic) bond motifs is 12. The second kappa shape index (κ2) is 12.0. The monoisotopic (exact) mass is 741 g/mol. The molecule has 11 aromatic rings. The van der Waals surface area contributed by atoms with Crippen molar-refractivity contribution in [2.75, 3.05) is 0 Å². The van der Waals surface area contributed by atoms with Crippen LogP contribution in [0.2, 0.25) is 0 Å². The highest BCUT2D eigenvalue weighted by Gasteiger charge is 2.34. The molecule has 0 saturated carbocycles. The molecule has 0 N–H and O–H groups in total. The van der Waals surface area contributed by atoms with E-state index in [9.17, 15) is 0 Å². The zero-order valence-corrected chi connectivity index (χ0v) is 31.5. The Balaban J connectivity index is 1.14. The molecule has 272 valence electrons. The van der Waals surface area contributed by atoms with Gasteiger partial charge in [0.15, 0.2) is 0 Å². The normalized spacial score (nSPS) is 16.1. The molecule has 8 aromatic carbocycles. The Morgan fingerprint density at radius 3 is 1.76 bits per heavy atom. The summed E-state index contributed by atoms with van der Waals surface area (Å²) in [4.78, 5) is 0. The highest BCUT2D eigenvalue weighted by Crippen LogP contribution is 2.46. The van der Waals surface area contributed by atoms with Gasteiger partial charge in [-0.05, 0) is 102 Å². The van der Waals surface area contributed by atoms with E-state index < -0.39 is 0 Å². The van der Waals surface area contributed by atoms with Crippen molar-refractivity contribution in [3.05, 3.63) is 206 Å². The minimum absolute atomic E-state index is 0.0118. The summed E-state index contributed by atoms with van der Waals surface area (Å²) < 4.78 is 13.8. The lowest BCUT2D eigenvalue weighted by Gasteiger charge is -2.20. The van der Waals surface area contributed by atoms with Gasteiger partial charge in [-0.3, -0.25) is 0 Å². The molecule has 4 heteroatoms. The summed E-state index contributed by atoms with van der Waals surface area (Å²) in [5, 5.41) is 7.43. The Morgan fingerprint density at radius 2 is 0.966 bits per heavy atom. The lowest BCUT2D eigenvalue weighted by Crippen LogP contribution is -2.18. The molecule has 0 bridgehead atoms. The van der Waals surface area contributed by atoms with Crippen LogP contribution >= 0.6 is 0 Å². The Labute approximate surface area is 334 Å². The maximum atomic E-state index is 6.43. The van der Waals surface area contributed by atoms with Gasteiger partial charge in [0.1, 0.15) is 11.9 Å². The van der Waals surface area contributed by atoms with Crippen LogP contribution in [0.1, 0.15) is 11.5 Å². The molecule has 0 radical (unpaired) electrons. The second-order valence-electron chi connectivity index (χ2n) is 15.7. The molecule has 1 aliphatic heterocycles. The van der Waals surface area contributed by atoms with Crippen molar-refractivity contribution in [2.45, 2.75) is 12.0 Å². The maximum absolute atomic E-state index is 6.43. The number of ether oxygens (including phenoxy) is 1. The third-order valence-electron chi connectivity index (χ3n) is 12.6. The van der Waals surface area contributed by atoms with E-state index >= 15 is 0 Å². The zero-order chi connectivity index (χ0) is 37.9. The van der Waals surface area contributed by atoms with Gasteiger partial charge in [-0.25, -0.2) is 0 Å². The first-order valence-electron chi connectivity index (χ1n) is 20.1. The Bertz CT molecular complexity index is 3490. The van der Waals surface area contributed by atoms with Gasteiger partial charge in [0, 0.05) is 60.9 Å². The predicted molar refractivity (Wildman–Crippen MR) is 241 cm³/mol. The predicted octanol–water partition coefficient (Wildman–Crippen LogP) is 13.6. The lowest BCUT2D eigenvalue weighted by atomic mass is 9.91. The van der Waals surface area contributed by atoms with Crippen molar-refractivity contribution in [3.63, 3.8) is 0 Å². The summed E-state index contributed by atoms with van der Waals surface area (Å²) in [6.45, 7) is 0. The zero-order valence-electron chi connectivity index (χ0n) is 31.5. The van der Waals surface area contributed by atoms with Crippen LogP contribution in [0.15, 0.2) is 200 Å². The SMILES string of the molecule is C1=CC2Oc3ccccc3C2C=C1n1c2ccc(-n3c4ccccc4c4ccccc43)cc2c2cc3c4cc(-c5ccccc5)ccc4n(-c4ccccc4)c3cc21. The molecule has 0 saturated heterocycles. The molecule has 0 spiro atoms. The third-order valence-corrected chi connectivity index (χ3v) is 12.6. The molecule has 4 nitrogen and oxygen atoms in total. The van der Waals surface area contributed by atoms with Gasteiger partial charge in [0.25, 0.3) is 0 Å². The van der Waals surface area contributed by atoms with E-state index in [2.05, 4.69) is 214 Å². The van der Waals surface area contributed by atoms with Crippen LogP contribution in [-0.4, -0.2) is 19.8 Å². The standard InChI is InChI=1S/C54H35N3O/c1-3-13-34(14-4-1)35-23-26-49-42(29-35)44-32-45-43-30-37(56-47-20-10-7-17-39(47)40-18-8-11-21-48(40)56)24-27-50(43)57(52(45)33-51(44)55(49)36-15-5-2-6-16-36)38-25-28-54-46(31-38)41-19-9-12-22-53(41)58-54/h1-33,46,54H. The number of nitrogens with zero attached hydrogens (tertiary/aromatic N) is 3. The Hall–Kier alpha value is -7.56. The smallest absolute Gasteiger partial charge is 0.128 e. The number of aromatic nitrogens is 3. The van der Waals surface area contributed by atoms with Crippen LogP contribution in [-0.2, 0) is 0 Å². The number of hydrogen-bond acceptors (Lipinski definition) is 1. The first-order chi connectivity index (χ1) is 28.8. The van der Waals surface area contributed by atoms with E-state index in [1.54, 1.807) is 0 Å². The topological polar surface area (TPSA) is 24.0 Å². The first kappa shape index (κ1) is 31.6. The van der Waals surface area contributed by atoms with Crippen LogP contribution in [0.25, 0.3) is 93.6 Å². The van der Waals surface area contributed by atoms with Crippen LogP contribution < -0.4 is 4.74 Å². The maximum Gasteiger partial charge on any atom is 0.128 e. The fourth-order valence-electron chi connectivity index (χ4n) is 9.99. The number of para-hydroxylation sites is 4. The van der Waals surface area contributed by atoms with Gasteiger partial charge < -0.3 is 18.4 Å². The summed E-state index contributed by atoms with van der Waals surface area (Å²) in [6.07, 6.45) is 6.91. The van der Waals surface area contributed by atoms with Crippen molar-refractivity contribution >= 4 is 71.1 Å². The van der Waals surface area contributed by atoms with Crippen LogP contribution in [0.3, 0.4) is 0 Å². The molecular weight excluding hydrogens is 707 g/mol. The van der Waals surface area contributed by atoms with Crippen LogP contribution in [0.5, 0.6) is 5.75 Å². The Kier molecular flexibility index (Phi) is 6.53. The van der Waals surface area contributed by atoms with E-state index in [4.69, 9.17) is 4.74 Å². The second-order valence-corrected chi connectivity index (χ2v) is 15.7. The lowest BCUT2D eigenvalue weighted by molar-refractivity contribution is 0.269. The van der Waals surface area contributed by atoms with E-state index in [-0.39, 0.29) is 12.0 Å². The van der Waals surface area contributed by atoms with E-state index in [1.807, 2.05) is 0 Å². The van der Waals surface area contributed by atoms with Gasteiger partial charge in [0.05, 0.1) is 33.1 Å². The van der Waals surface area contributed by atoms with Crippen molar-refractivity contribution < 1.29 is 4.74 Å². The molecule has 2 aliphatic rings. The number of hydrogen-bond donors (Lipinski definition) is 0. The van der Waals surface area contributed by atoms with Crippen molar-refractivity contribution in [3.8, 4) is 28.3 Å². The molecule has 2 atom stereocenters. The molecule has 58 heavy (non-hydrogen) atoms. The van der Waals surface area contributed by atoms with E-state index in [1.165, 1.54) is 82.1 Å². The van der Waals surface area contributed by atoms with Crippen molar-refractivity contribution in [2.24, 2.45) is 0 Å². The molecule has 0 fully saturated rings. The quantitative estimate of drug-likeness (QED) is 0.176. The van der Waals surface area contributed by atoms with Gasteiger partial charge in [0.2, 0.25) is 0 Å². The average Bonchev–Trinajstić information content (AvgIpc) is 4.02. The van der Waals surface area contributed by atoms with Crippen molar-refractivity contribution in [1.82, 2.24) is 13.7 Å². The summed E-state index contributed by atoms with van der Waals surface area (Å²) in [6, 6.07) is 66.4. The summed E-state index contributed by atoms with van der Waals surface area (Å²) in [7, 11) is 0. The fraction of sp³-hybridized carbons (Fsp3) is 0.0370. The first-order valence-corrected chi connectivity index (χ1v) is 20.1. The van der Waals surface area contributed by atoms with E-state index in [0.29, 0.717) is 0 Å². The molecule has 2 unspecified atom stereocenters. The molecule has 4 heterocycles. The van der Waals surface area contributed by atoms with Gasteiger partial charge >= 0.3 is 0 Å². The van der Waals surface area contributed by atoms with E-state index in [0.717, 1.165) is 22.8 Å². The number of allylic oxidation sites excluding steroid dienone is 2. The van der Waals surface area contributed by atoms with Gasteiger partial charge in [-0.2, -0.15) is 0 Å². The van der Waals surface area contributed by atoms with Crippen LogP contribution in [0, 0.1) is 0 Å². The van der Waals surface area contributed by atoms with Gasteiger partial charge in [-0.15, -0.1) is 0 Å². The molecule has 1 aliphatic carbocycles.